The highest BCUT2D eigenvalue weighted by Gasteiger charge is 2.25. The third-order valence-electron chi connectivity index (χ3n) is 2.11. The van der Waals surface area contributed by atoms with E-state index in [1.54, 1.807) is 19.1 Å². The Morgan fingerprint density at radius 3 is 2.71 bits per heavy atom. The molecule has 0 aliphatic carbocycles. The first kappa shape index (κ1) is 11.8. The number of carbonyl (C=O) groups excluding carboxylic acids is 1. The normalized spacial score (nSPS) is 22.4. The summed E-state index contributed by atoms with van der Waals surface area (Å²) in [6.07, 6.45) is 1.50. The number of amides is 1. The van der Waals surface area contributed by atoms with E-state index in [2.05, 4.69) is 15.5 Å². The average Bonchev–Trinajstić information content (AvgIpc) is 2.61. The number of halogens is 1. The second-order valence-electron chi connectivity index (χ2n) is 3.45. The molecule has 1 aromatic carbocycles. The van der Waals surface area contributed by atoms with E-state index in [1.165, 1.54) is 30.1 Å². The fourth-order valence-electron chi connectivity index (χ4n) is 1.20. The van der Waals surface area contributed by atoms with E-state index < -0.39 is 0 Å². The summed E-state index contributed by atoms with van der Waals surface area (Å²) >= 11 is 1.33. The van der Waals surface area contributed by atoms with Gasteiger partial charge in [-0.3, -0.25) is 4.79 Å². The highest BCUT2D eigenvalue weighted by atomic mass is 32.2. The van der Waals surface area contributed by atoms with E-state index in [-0.39, 0.29) is 17.0 Å². The van der Waals surface area contributed by atoms with E-state index in [4.69, 9.17) is 0 Å². The largest absolute Gasteiger partial charge is 0.303 e. The smallest absolute Gasteiger partial charge is 0.239 e. The minimum atomic E-state index is -0.291. The zero-order chi connectivity index (χ0) is 12.3. The van der Waals surface area contributed by atoms with Gasteiger partial charge in [-0.1, -0.05) is 23.9 Å². The molecule has 1 fully saturated rings. The monoisotopic (exact) mass is 251 g/mol. The van der Waals surface area contributed by atoms with Crippen LogP contribution in [0.25, 0.3) is 0 Å². The van der Waals surface area contributed by atoms with Crippen molar-refractivity contribution in [3.63, 3.8) is 0 Å². The number of rotatable bonds is 2. The Labute approximate surface area is 102 Å². The van der Waals surface area contributed by atoms with Gasteiger partial charge in [0.05, 0.1) is 11.5 Å². The van der Waals surface area contributed by atoms with Crippen LogP contribution in [0.1, 0.15) is 12.5 Å². The minimum Gasteiger partial charge on any atom is -0.303 e. The summed E-state index contributed by atoms with van der Waals surface area (Å²) in [7, 11) is 0. The maximum atomic E-state index is 12.6. The van der Waals surface area contributed by atoms with Crippen molar-refractivity contribution in [2.45, 2.75) is 12.2 Å². The van der Waals surface area contributed by atoms with Gasteiger partial charge in [0, 0.05) is 0 Å². The zero-order valence-corrected chi connectivity index (χ0v) is 9.87. The van der Waals surface area contributed by atoms with E-state index in [9.17, 15) is 9.18 Å². The molecule has 0 radical (unpaired) electrons. The molecule has 0 spiro atoms. The molecule has 1 aliphatic rings. The zero-order valence-electron chi connectivity index (χ0n) is 9.05. The van der Waals surface area contributed by atoms with E-state index in [0.29, 0.717) is 5.17 Å². The van der Waals surface area contributed by atoms with Crippen molar-refractivity contribution >= 4 is 29.1 Å². The molecule has 17 heavy (non-hydrogen) atoms. The molecule has 1 heterocycles. The summed E-state index contributed by atoms with van der Waals surface area (Å²) in [6.45, 7) is 1.80. The van der Waals surface area contributed by atoms with Gasteiger partial charge in [-0.05, 0) is 24.6 Å². The lowest BCUT2D eigenvalue weighted by molar-refractivity contribution is -0.118. The van der Waals surface area contributed by atoms with E-state index >= 15 is 0 Å². The highest BCUT2D eigenvalue weighted by Crippen LogP contribution is 2.18. The molecule has 6 heteroatoms. The Kier molecular flexibility index (Phi) is 3.53. The third kappa shape index (κ3) is 3.13. The van der Waals surface area contributed by atoms with Crippen molar-refractivity contribution in [2.24, 2.45) is 10.2 Å². The summed E-state index contributed by atoms with van der Waals surface area (Å²) in [5.41, 5.74) is 0.748. The van der Waals surface area contributed by atoms with Crippen LogP contribution < -0.4 is 5.32 Å². The van der Waals surface area contributed by atoms with Gasteiger partial charge in [-0.2, -0.15) is 5.10 Å². The molecular weight excluding hydrogens is 241 g/mol. The number of nitrogens with zero attached hydrogens (tertiary/aromatic N) is 2. The topological polar surface area (TPSA) is 53.8 Å². The lowest BCUT2D eigenvalue weighted by atomic mass is 10.2. The molecule has 1 N–H and O–H groups in total. The van der Waals surface area contributed by atoms with Crippen molar-refractivity contribution < 1.29 is 9.18 Å². The molecule has 1 aromatic rings. The molecule has 4 nitrogen and oxygen atoms in total. The van der Waals surface area contributed by atoms with Gasteiger partial charge in [0.25, 0.3) is 0 Å². The van der Waals surface area contributed by atoms with Crippen LogP contribution in [0.15, 0.2) is 34.5 Å². The molecule has 2 rings (SSSR count). The van der Waals surface area contributed by atoms with Gasteiger partial charge in [0.1, 0.15) is 5.82 Å². The van der Waals surface area contributed by atoms with Gasteiger partial charge in [0.15, 0.2) is 5.17 Å². The predicted octanol–water partition coefficient (Wildman–Crippen LogP) is 1.77. The van der Waals surface area contributed by atoms with Gasteiger partial charge in [0.2, 0.25) is 5.91 Å². The molecule has 1 atom stereocenters. The Balaban J connectivity index is 2.00. The van der Waals surface area contributed by atoms with Crippen molar-refractivity contribution in [1.82, 2.24) is 5.32 Å². The van der Waals surface area contributed by atoms with E-state index in [0.717, 1.165) is 5.56 Å². The first-order chi connectivity index (χ1) is 8.15. The van der Waals surface area contributed by atoms with Crippen molar-refractivity contribution in [1.29, 1.82) is 0 Å². The third-order valence-corrected chi connectivity index (χ3v) is 3.09. The minimum absolute atomic E-state index is 0.0641. The Morgan fingerprint density at radius 1 is 1.41 bits per heavy atom. The number of nitrogens with one attached hydrogen (secondary N) is 1. The van der Waals surface area contributed by atoms with Crippen LogP contribution in [0.4, 0.5) is 4.39 Å². The molecule has 1 unspecified atom stereocenters. The molecular formula is C11H10FN3OS. The van der Waals surface area contributed by atoms with Crippen LogP contribution >= 0.6 is 11.8 Å². The number of carbonyl (C=O) groups is 1. The lowest BCUT2D eigenvalue weighted by Gasteiger charge is -1.91. The molecule has 88 valence electrons. The standard InChI is InChI=1S/C11H10FN3OS/c1-7-10(16)14-11(17-7)15-13-6-8-2-4-9(12)5-3-8/h2-7H,1H3,(H,14,15,16). The van der Waals surface area contributed by atoms with Crippen molar-refractivity contribution in [2.75, 3.05) is 0 Å². The molecule has 1 saturated heterocycles. The van der Waals surface area contributed by atoms with Crippen molar-refractivity contribution in [3.05, 3.63) is 35.6 Å². The summed E-state index contributed by atoms with van der Waals surface area (Å²) in [5.74, 6) is -0.355. The van der Waals surface area contributed by atoms with Gasteiger partial charge < -0.3 is 5.32 Å². The van der Waals surface area contributed by atoms with Gasteiger partial charge in [-0.25, -0.2) is 4.39 Å². The molecule has 1 amide bonds. The number of amidine groups is 1. The first-order valence-corrected chi connectivity index (χ1v) is 5.87. The Hall–Kier alpha value is -1.69. The van der Waals surface area contributed by atoms with Crippen molar-refractivity contribution in [3.8, 4) is 0 Å². The van der Waals surface area contributed by atoms with Crippen LogP contribution in [0.5, 0.6) is 0 Å². The number of hydrogen-bond donors (Lipinski definition) is 1. The SMILES string of the molecule is CC1S/C(=N\N=Cc2ccc(F)cc2)NC1=O. The maximum Gasteiger partial charge on any atom is 0.239 e. The number of benzene rings is 1. The van der Waals surface area contributed by atoms with E-state index in [1.807, 2.05) is 0 Å². The lowest BCUT2D eigenvalue weighted by Crippen LogP contribution is -2.23. The van der Waals surface area contributed by atoms with Crippen LogP contribution in [-0.4, -0.2) is 22.5 Å². The molecule has 0 aromatic heterocycles. The Morgan fingerprint density at radius 2 is 2.12 bits per heavy atom. The van der Waals surface area contributed by atoms with Gasteiger partial charge >= 0.3 is 0 Å². The summed E-state index contributed by atoms with van der Waals surface area (Å²) in [5, 5.41) is 10.6. The molecule has 0 bridgehead atoms. The highest BCUT2D eigenvalue weighted by molar-refractivity contribution is 8.15. The fourth-order valence-corrected chi connectivity index (χ4v) is 1.96. The average molecular weight is 251 g/mol. The first-order valence-electron chi connectivity index (χ1n) is 4.99. The molecule has 0 saturated carbocycles. The van der Waals surface area contributed by atoms with Gasteiger partial charge in [-0.15, -0.1) is 5.10 Å². The second kappa shape index (κ2) is 5.09. The van der Waals surface area contributed by atoms with Crippen LogP contribution in [0, 0.1) is 5.82 Å². The summed E-state index contributed by atoms with van der Waals surface area (Å²) in [6, 6.07) is 5.90. The number of hydrogen-bond acceptors (Lipinski definition) is 4. The maximum absolute atomic E-state index is 12.6. The predicted molar refractivity (Wildman–Crippen MR) is 66.6 cm³/mol. The fraction of sp³-hybridized carbons (Fsp3) is 0.182. The summed E-state index contributed by atoms with van der Waals surface area (Å²) in [4.78, 5) is 11.1. The molecule has 1 aliphatic heterocycles. The number of thioether (sulfide) groups is 1. The Bertz CT molecular complexity index is 484. The van der Waals surface area contributed by atoms with Crippen LogP contribution in [0.2, 0.25) is 0 Å². The quantitative estimate of drug-likeness (QED) is 0.643. The summed E-state index contributed by atoms with van der Waals surface area (Å²) < 4.78 is 12.6. The van der Waals surface area contributed by atoms with Crippen LogP contribution in [-0.2, 0) is 4.79 Å². The second-order valence-corrected chi connectivity index (χ2v) is 4.78. The van der Waals surface area contributed by atoms with Crippen LogP contribution in [0.3, 0.4) is 0 Å².